The molecule has 37 heavy (non-hydrogen) atoms. The van der Waals surface area contributed by atoms with Crippen LogP contribution in [0.4, 0.5) is 5.69 Å². The Kier molecular flexibility index (Phi) is 5.99. The van der Waals surface area contributed by atoms with E-state index >= 15 is 0 Å². The van der Waals surface area contributed by atoms with Crippen molar-refractivity contribution in [3.8, 4) is 11.5 Å². The van der Waals surface area contributed by atoms with Gasteiger partial charge in [0.25, 0.3) is 5.91 Å². The molecule has 3 N–H and O–H groups in total. The van der Waals surface area contributed by atoms with Gasteiger partial charge in [-0.15, -0.1) is 0 Å². The predicted octanol–water partition coefficient (Wildman–Crippen LogP) is 3.89. The number of anilines is 1. The quantitative estimate of drug-likeness (QED) is 0.273. The van der Waals surface area contributed by atoms with Crippen molar-refractivity contribution in [2.45, 2.75) is 25.4 Å². The molecule has 1 aromatic heterocycles. The molecule has 2 aliphatic rings. The summed E-state index contributed by atoms with van der Waals surface area (Å²) in [4.78, 5) is 27.3. The van der Waals surface area contributed by atoms with Crippen LogP contribution in [0.5, 0.6) is 11.5 Å². The van der Waals surface area contributed by atoms with Gasteiger partial charge in [0, 0.05) is 34.8 Å². The summed E-state index contributed by atoms with van der Waals surface area (Å²) in [5.74, 6) is 1.48. The van der Waals surface area contributed by atoms with Crippen molar-refractivity contribution in [1.29, 1.82) is 0 Å². The van der Waals surface area contributed by atoms with Gasteiger partial charge in [-0.1, -0.05) is 30.3 Å². The second kappa shape index (κ2) is 9.61. The minimum atomic E-state index is -0.613. The van der Waals surface area contributed by atoms with Gasteiger partial charge in [-0.25, -0.2) is 5.48 Å². The first kappa shape index (κ1) is 23.1. The van der Waals surface area contributed by atoms with Crippen molar-refractivity contribution in [2.75, 3.05) is 18.7 Å². The van der Waals surface area contributed by atoms with Gasteiger partial charge in [-0.3, -0.25) is 19.7 Å². The van der Waals surface area contributed by atoms with E-state index in [2.05, 4.69) is 10.2 Å². The summed E-state index contributed by atoms with van der Waals surface area (Å²) in [6.07, 6.45) is 1.27. The molecule has 0 radical (unpaired) electrons. The van der Waals surface area contributed by atoms with Gasteiger partial charge in [0.1, 0.15) is 11.3 Å². The molecule has 0 saturated heterocycles. The summed E-state index contributed by atoms with van der Waals surface area (Å²) in [5.41, 5.74) is 5.41. The highest BCUT2D eigenvalue weighted by atomic mass is 16.7. The summed E-state index contributed by atoms with van der Waals surface area (Å²) in [5, 5.41) is 12.8. The van der Waals surface area contributed by atoms with Gasteiger partial charge in [0.05, 0.1) is 12.6 Å². The van der Waals surface area contributed by atoms with Gasteiger partial charge in [0.15, 0.2) is 11.5 Å². The Labute approximate surface area is 212 Å². The smallest absolute Gasteiger partial charge is 0.274 e. The molecule has 1 atom stereocenters. The summed E-state index contributed by atoms with van der Waals surface area (Å²) >= 11 is 0. The molecule has 2 aliphatic heterocycles. The van der Waals surface area contributed by atoms with Crippen molar-refractivity contribution in [2.24, 2.45) is 0 Å². The molecule has 6 rings (SSSR count). The van der Waals surface area contributed by atoms with Gasteiger partial charge in [-0.2, -0.15) is 0 Å². The van der Waals surface area contributed by atoms with E-state index in [4.69, 9.17) is 19.1 Å². The maximum Gasteiger partial charge on any atom is 0.274 e. The molecule has 4 aromatic rings. The van der Waals surface area contributed by atoms with Gasteiger partial charge < -0.3 is 19.2 Å². The number of rotatable bonds is 6. The van der Waals surface area contributed by atoms with E-state index in [1.807, 2.05) is 42.5 Å². The summed E-state index contributed by atoms with van der Waals surface area (Å²) in [6, 6.07) is 19.7. The third kappa shape index (κ3) is 4.50. The Morgan fingerprint density at radius 1 is 1.00 bits per heavy atom. The topological polar surface area (TPSA) is 113 Å². The van der Waals surface area contributed by atoms with Crippen LogP contribution < -0.4 is 20.3 Å². The van der Waals surface area contributed by atoms with Crippen LogP contribution in [0.3, 0.4) is 0 Å². The monoisotopic (exact) mass is 499 g/mol. The number of ether oxygens (including phenoxy) is 2. The lowest BCUT2D eigenvalue weighted by Gasteiger charge is -2.33. The van der Waals surface area contributed by atoms with E-state index in [9.17, 15) is 9.59 Å². The molecule has 0 aliphatic carbocycles. The lowest BCUT2D eigenvalue weighted by molar-refractivity contribution is -0.121. The van der Waals surface area contributed by atoms with Crippen LogP contribution in [0.25, 0.3) is 11.0 Å². The molecule has 9 nitrogen and oxygen atoms in total. The fourth-order valence-corrected chi connectivity index (χ4v) is 4.99. The molecule has 3 heterocycles. The Morgan fingerprint density at radius 3 is 2.51 bits per heavy atom. The maximum absolute atomic E-state index is 13.6. The predicted molar refractivity (Wildman–Crippen MR) is 135 cm³/mol. The largest absolute Gasteiger partial charge is 0.459 e. The van der Waals surface area contributed by atoms with Crippen LogP contribution in [0.15, 0.2) is 71.1 Å². The first-order valence-electron chi connectivity index (χ1n) is 12.1. The average Bonchev–Trinajstić information content (AvgIpc) is 3.53. The Morgan fingerprint density at radius 2 is 1.76 bits per heavy atom. The molecule has 2 amide bonds. The molecule has 0 saturated carbocycles. The molecule has 188 valence electrons. The number of hydroxylamine groups is 1. The third-order valence-electron chi connectivity index (χ3n) is 6.90. The van der Waals surface area contributed by atoms with Crippen LogP contribution in [0.2, 0.25) is 0 Å². The highest BCUT2D eigenvalue weighted by molar-refractivity contribution is 5.97. The van der Waals surface area contributed by atoms with E-state index in [-0.39, 0.29) is 18.3 Å². The molecule has 3 aromatic carbocycles. The SMILES string of the molecule is O=C(NO)c1ccc(NC(=O)[C@H](Cc2ccccc2)N2CCc3c(oc4cc5c(cc34)OCO5)C2)cc1. The van der Waals surface area contributed by atoms with Crippen LogP contribution >= 0.6 is 0 Å². The van der Waals surface area contributed by atoms with Gasteiger partial charge >= 0.3 is 0 Å². The summed E-state index contributed by atoms with van der Waals surface area (Å²) in [7, 11) is 0. The second-order valence-electron chi connectivity index (χ2n) is 9.14. The van der Waals surface area contributed by atoms with E-state index < -0.39 is 11.9 Å². The minimum Gasteiger partial charge on any atom is -0.459 e. The van der Waals surface area contributed by atoms with Crippen LogP contribution in [0.1, 0.15) is 27.2 Å². The molecular formula is C28H25N3O6. The van der Waals surface area contributed by atoms with Crippen molar-refractivity contribution < 1.29 is 28.7 Å². The normalized spacial score (nSPS) is 15.3. The Bertz CT molecular complexity index is 1470. The standard InChI is InChI=1S/C28H25N3O6/c32-27(30-34)18-6-8-19(9-7-18)29-28(33)22(12-17-4-2-1-3-5-17)31-11-10-20-21-13-24-25(36-16-35-24)14-23(21)37-26(20)15-31/h1-9,13-14,22,34H,10-12,15-16H2,(H,29,33)(H,30,32)/t22-/m0/s1. The van der Waals surface area contributed by atoms with Crippen molar-refractivity contribution in [3.63, 3.8) is 0 Å². The average molecular weight is 500 g/mol. The van der Waals surface area contributed by atoms with Gasteiger partial charge in [0.2, 0.25) is 12.7 Å². The van der Waals surface area contributed by atoms with Crippen LogP contribution in [0, 0.1) is 0 Å². The zero-order chi connectivity index (χ0) is 25.4. The number of furan rings is 1. The third-order valence-corrected chi connectivity index (χ3v) is 6.90. The number of amides is 2. The van der Waals surface area contributed by atoms with E-state index in [0.717, 1.165) is 40.0 Å². The maximum atomic E-state index is 13.6. The number of nitrogens with one attached hydrogen (secondary N) is 2. The van der Waals surface area contributed by atoms with E-state index in [0.29, 0.717) is 30.9 Å². The number of fused-ring (bicyclic) bond motifs is 4. The molecule has 0 bridgehead atoms. The number of carbonyl (C=O) groups is 2. The lowest BCUT2D eigenvalue weighted by atomic mass is 9.98. The second-order valence-corrected chi connectivity index (χ2v) is 9.14. The fraction of sp³-hybridized carbons (Fsp3) is 0.214. The molecular weight excluding hydrogens is 474 g/mol. The molecule has 0 fully saturated rings. The Balaban J connectivity index is 1.26. The number of hydrogen-bond donors (Lipinski definition) is 3. The van der Waals surface area contributed by atoms with Crippen molar-refractivity contribution in [3.05, 3.63) is 89.2 Å². The number of hydrogen-bond acceptors (Lipinski definition) is 7. The molecule has 0 spiro atoms. The van der Waals surface area contributed by atoms with Gasteiger partial charge in [-0.05, 0) is 48.7 Å². The Hall–Kier alpha value is -4.34. The molecule has 0 unspecified atom stereocenters. The zero-order valence-corrected chi connectivity index (χ0v) is 19.9. The summed E-state index contributed by atoms with van der Waals surface area (Å²) < 4.78 is 17.3. The highest BCUT2D eigenvalue weighted by Crippen LogP contribution is 2.40. The van der Waals surface area contributed by atoms with E-state index in [1.54, 1.807) is 29.7 Å². The lowest BCUT2D eigenvalue weighted by Crippen LogP contribution is -2.47. The first-order chi connectivity index (χ1) is 18.1. The number of carbonyl (C=O) groups excluding carboxylic acids is 2. The number of nitrogens with zero attached hydrogens (tertiary/aromatic N) is 1. The van der Waals surface area contributed by atoms with Crippen LogP contribution in [-0.4, -0.2) is 41.3 Å². The van der Waals surface area contributed by atoms with Crippen molar-refractivity contribution in [1.82, 2.24) is 10.4 Å². The van der Waals surface area contributed by atoms with Crippen LogP contribution in [-0.2, 0) is 24.2 Å². The molecule has 9 heteroatoms. The van der Waals surface area contributed by atoms with E-state index in [1.165, 1.54) is 0 Å². The first-order valence-corrected chi connectivity index (χ1v) is 12.1. The van der Waals surface area contributed by atoms with Crippen molar-refractivity contribution >= 4 is 28.5 Å². The highest BCUT2D eigenvalue weighted by Gasteiger charge is 2.32. The zero-order valence-electron chi connectivity index (χ0n) is 19.9. The number of benzene rings is 3. The summed E-state index contributed by atoms with van der Waals surface area (Å²) in [6.45, 7) is 1.40. The minimum absolute atomic E-state index is 0.149. The fourth-order valence-electron chi connectivity index (χ4n) is 4.99.